The fraction of sp³-hybridized carbons (Fsp3) is 0.318. The van der Waals surface area contributed by atoms with Crippen LogP contribution in [0.5, 0.6) is 0 Å². The summed E-state index contributed by atoms with van der Waals surface area (Å²) in [6.45, 7) is 2.99. The molecule has 0 amide bonds. The number of rotatable bonds is 6. The van der Waals surface area contributed by atoms with E-state index < -0.39 is 29.2 Å². The van der Waals surface area contributed by atoms with E-state index in [1.165, 1.54) is 35.7 Å². The van der Waals surface area contributed by atoms with E-state index in [0.29, 0.717) is 36.8 Å². The maximum absolute atomic E-state index is 14.8. The van der Waals surface area contributed by atoms with E-state index in [0.717, 1.165) is 12.1 Å². The second-order valence-corrected chi connectivity index (χ2v) is 8.23. The zero-order valence-corrected chi connectivity index (χ0v) is 18.2. The van der Waals surface area contributed by atoms with Crippen LogP contribution in [0.3, 0.4) is 0 Å². The quantitative estimate of drug-likeness (QED) is 0.431. The van der Waals surface area contributed by atoms with Crippen molar-refractivity contribution in [2.45, 2.75) is 38.2 Å². The number of aromatic nitrogens is 7. The average Bonchev–Trinajstić information content (AvgIpc) is 3.48. The molecule has 12 heteroatoms. The van der Waals surface area contributed by atoms with Gasteiger partial charge in [0, 0.05) is 36.0 Å². The molecule has 34 heavy (non-hydrogen) atoms. The van der Waals surface area contributed by atoms with E-state index in [4.69, 9.17) is 0 Å². The largest absolute Gasteiger partial charge is 0.381 e. The highest BCUT2D eigenvalue weighted by Gasteiger charge is 2.43. The third-order valence-corrected chi connectivity index (χ3v) is 6.18. The molecule has 1 aromatic carbocycles. The van der Waals surface area contributed by atoms with Gasteiger partial charge in [-0.25, -0.2) is 33.1 Å². The van der Waals surface area contributed by atoms with Crippen molar-refractivity contribution < 1.29 is 18.3 Å². The molecular weight excluding hydrogens is 449 g/mol. The van der Waals surface area contributed by atoms with Crippen LogP contribution in [0.2, 0.25) is 0 Å². The molecule has 176 valence electrons. The highest BCUT2D eigenvalue weighted by atomic mass is 19.1. The molecule has 2 atom stereocenters. The molecular formula is C22H21F3N8O. The number of halogens is 3. The van der Waals surface area contributed by atoms with Crippen LogP contribution >= 0.6 is 0 Å². The molecule has 0 radical (unpaired) electrons. The van der Waals surface area contributed by atoms with Gasteiger partial charge in [-0.1, -0.05) is 6.07 Å². The Morgan fingerprint density at radius 1 is 1.15 bits per heavy atom. The number of hydrogen-bond acceptors (Lipinski definition) is 7. The summed E-state index contributed by atoms with van der Waals surface area (Å²) in [6, 6.07) is 5.31. The van der Waals surface area contributed by atoms with Crippen LogP contribution in [-0.2, 0) is 25.2 Å². The molecule has 0 bridgehead atoms. The van der Waals surface area contributed by atoms with Crippen LogP contribution in [0.15, 0.2) is 49.2 Å². The average molecular weight is 470 g/mol. The Balaban J connectivity index is 1.45. The summed E-state index contributed by atoms with van der Waals surface area (Å²) in [4.78, 5) is 14.1. The Bertz CT molecular complexity index is 1290. The van der Waals surface area contributed by atoms with Crippen molar-refractivity contribution in [2.75, 3.05) is 6.54 Å². The molecule has 1 aliphatic heterocycles. The Hall–Kier alpha value is -3.64. The fourth-order valence-corrected chi connectivity index (χ4v) is 4.26. The summed E-state index contributed by atoms with van der Waals surface area (Å²) >= 11 is 0. The molecule has 9 nitrogen and oxygen atoms in total. The summed E-state index contributed by atoms with van der Waals surface area (Å²) < 4.78 is 44.8. The molecule has 4 heterocycles. The van der Waals surface area contributed by atoms with Crippen molar-refractivity contribution in [2.24, 2.45) is 0 Å². The minimum atomic E-state index is -1.75. The van der Waals surface area contributed by atoms with Crippen molar-refractivity contribution in [3.05, 3.63) is 78.2 Å². The van der Waals surface area contributed by atoms with Gasteiger partial charge in [0.15, 0.2) is 5.82 Å². The topological polar surface area (TPSA) is 97.8 Å². The summed E-state index contributed by atoms with van der Waals surface area (Å²) in [6.07, 6.45) is 4.11. The van der Waals surface area contributed by atoms with Gasteiger partial charge in [-0.3, -0.25) is 4.90 Å². The molecule has 0 saturated carbocycles. The minimum absolute atomic E-state index is 0.0398. The molecule has 0 aliphatic carbocycles. The van der Waals surface area contributed by atoms with Gasteiger partial charge in [0.2, 0.25) is 5.95 Å². The first-order chi connectivity index (χ1) is 16.3. The third-order valence-electron chi connectivity index (χ3n) is 6.18. The summed E-state index contributed by atoms with van der Waals surface area (Å²) in [5.74, 6) is -1.11. The van der Waals surface area contributed by atoms with E-state index in [1.54, 1.807) is 17.7 Å². The smallest absolute Gasteiger partial charge is 0.212 e. The molecule has 0 fully saturated rings. The lowest BCUT2D eigenvalue weighted by Crippen LogP contribution is -2.53. The van der Waals surface area contributed by atoms with Crippen molar-refractivity contribution in [1.82, 2.24) is 39.4 Å². The number of fused-ring (bicyclic) bond motifs is 1. The minimum Gasteiger partial charge on any atom is -0.381 e. The molecule has 4 aromatic rings. The maximum atomic E-state index is 14.8. The van der Waals surface area contributed by atoms with E-state index >= 15 is 0 Å². The number of benzene rings is 1. The summed E-state index contributed by atoms with van der Waals surface area (Å²) in [5, 5.41) is 20.4. The summed E-state index contributed by atoms with van der Waals surface area (Å²) in [7, 11) is 0. The molecule has 2 unspecified atom stereocenters. The van der Waals surface area contributed by atoms with Gasteiger partial charge in [-0.05, 0) is 25.1 Å². The Morgan fingerprint density at radius 2 is 2.00 bits per heavy atom. The van der Waals surface area contributed by atoms with Crippen molar-refractivity contribution in [3.8, 4) is 11.4 Å². The van der Waals surface area contributed by atoms with Gasteiger partial charge < -0.3 is 5.11 Å². The van der Waals surface area contributed by atoms with Gasteiger partial charge in [0.1, 0.15) is 35.7 Å². The molecule has 1 N–H and O–H groups in total. The third kappa shape index (κ3) is 4.05. The van der Waals surface area contributed by atoms with Crippen LogP contribution in [0.4, 0.5) is 13.2 Å². The van der Waals surface area contributed by atoms with Gasteiger partial charge in [0.05, 0.1) is 19.6 Å². The summed E-state index contributed by atoms with van der Waals surface area (Å²) in [5.41, 5.74) is -1.21. The maximum Gasteiger partial charge on any atom is 0.212 e. The zero-order valence-electron chi connectivity index (χ0n) is 18.2. The molecule has 3 aromatic heterocycles. The lowest BCUT2D eigenvalue weighted by molar-refractivity contribution is -0.0714. The van der Waals surface area contributed by atoms with Crippen molar-refractivity contribution in [1.29, 1.82) is 0 Å². The van der Waals surface area contributed by atoms with Gasteiger partial charge in [-0.15, -0.1) is 0 Å². The van der Waals surface area contributed by atoms with E-state index in [2.05, 4.69) is 25.1 Å². The Morgan fingerprint density at radius 3 is 2.71 bits per heavy atom. The molecule has 0 spiro atoms. The van der Waals surface area contributed by atoms with Crippen LogP contribution in [-0.4, -0.2) is 57.1 Å². The highest BCUT2D eigenvalue weighted by Crippen LogP contribution is 2.34. The SMILES string of the molecule is CC(N1CCn2nc(-c3ccc(F)nc3)nc2C1)C(O)(Cn1cncn1)c1ccc(F)cc1F. The first-order valence-corrected chi connectivity index (χ1v) is 10.6. The normalized spacial score (nSPS) is 16.7. The van der Waals surface area contributed by atoms with Gasteiger partial charge in [-0.2, -0.15) is 14.6 Å². The van der Waals surface area contributed by atoms with E-state index in [9.17, 15) is 18.3 Å². The predicted octanol–water partition coefficient (Wildman–Crippen LogP) is 2.14. The lowest BCUT2D eigenvalue weighted by Gasteiger charge is -2.42. The van der Waals surface area contributed by atoms with Gasteiger partial charge in [0.25, 0.3) is 0 Å². The number of aliphatic hydroxyl groups is 1. The van der Waals surface area contributed by atoms with Crippen molar-refractivity contribution >= 4 is 0 Å². The Kier molecular flexibility index (Phi) is 5.62. The predicted molar refractivity (Wildman–Crippen MR) is 113 cm³/mol. The number of nitrogens with zero attached hydrogens (tertiary/aromatic N) is 8. The zero-order chi connectivity index (χ0) is 23.9. The fourth-order valence-electron chi connectivity index (χ4n) is 4.26. The van der Waals surface area contributed by atoms with Crippen LogP contribution in [0.1, 0.15) is 18.3 Å². The molecule has 0 saturated heterocycles. The molecule has 5 rings (SSSR count). The Labute approximate surface area is 192 Å². The van der Waals surface area contributed by atoms with Gasteiger partial charge >= 0.3 is 0 Å². The molecule has 1 aliphatic rings. The van der Waals surface area contributed by atoms with Crippen molar-refractivity contribution in [3.63, 3.8) is 0 Å². The van der Waals surface area contributed by atoms with E-state index in [-0.39, 0.29) is 12.1 Å². The second-order valence-electron chi connectivity index (χ2n) is 8.23. The highest BCUT2D eigenvalue weighted by molar-refractivity contribution is 5.52. The first-order valence-electron chi connectivity index (χ1n) is 10.6. The monoisotopic (exact) mass is 470 g/mol. The lowest BCUT2D eigenvalue weighted by atomic mass is 9.85. The van der Waals surface area contributed by atoms with Crippen LogP contribution < -0.4 is 0 Å². The second kappa shape index (κ2) is 8.61. The number of hydrogen-bond donors (Lipinski definition) is 1. The standard InChI is InChI=1S/C22H21F3N8O/c1-14(22(34,11-32-13-26-12-28-32)17-4-3-16(23)8-18(17)24)31-6-7-33-20(10-31)29-21(30-33)15-2-5-19(25)27-9-15/h2-5,8-9,12-14,34H,6-7,10-11H2,1H3. The number of pyridine rings is 1. The van der Waals surface area contributed by atoms with Crippen LogP contribution in [0, 0.1) is 17.6 Å². The van der Waals surface area contributed by atoms with Crippen LogP contribution in [0.25, 0.3) is 11.4 Å². The van der Waals surface area contributed by atoms with E-state index in [1.807, 2.05) is 4.90 Å². The first kappa shape index (κ1) is 22.2.